The summed E-state index contributed by atoms with van der Waals surface area (Å²) in [6.45, 7) is 0. The number of phenols is 1. The molecule has 2 nitrogen and oxygen atoms in total. The fourth-order valence-electron chi connectivity index (χ4n) is 2.07. The van der Waals surface area contributed by atoms with E-state index in [1.807, 2.05) is 18.2 Å². The van der Waals surface area contributed by atoms with Gasteiger partial charge in [-0.2, -0.15) is 0 Å². The van der Waals surface area contributed by atoms with Gasteiger partial charge in [0.25, 0.3) is 0 Å². The molecule has 0 atom stereocenters. The van der Waals surface area contributed by atoms with Crippen molar-refractivity contribution >= 4 is 22.7 Å². The molecule has 2 aromatic carbocycles. The van der Waals surface area contributed by atoms with Gasteiger partial charge >= 0.3 is 0 Å². The van der Waals surface area contributed by atoms with Crippen molar-refractivity contribution in [1.29, 1.82) is 0 Å². The van der Waals surface area contributed by atoms with Crippen LogP contribution in [-0.2, 0) is 5.75 Å². The molecule has 1 N–H and O–H groups in total. The molecule has 20 heavy (non-hydrogen) atoms. The van der Waals surface area contributed by atoms with Gasteiger partial charge in [-0.15, -0.1) is 11.8 Å². The van der Waals surface area contributed by atoms with E-state index in [1.165, 1.54) is 23.9 Å². The number of nitrogens with zero attached hydrogens (tertiary/aromatic N) is 1. The van der Waals surface area contributed by atoms with Gasteiger partial charge in [-0.3, -0.25) is 4.98 Å². The van der Waals surface area contributed by atoms with Gasteiger partial charge in [-0.1, -0.05) is 18.2 Å². The van der Waals surface area contributed by atoms with Crippen molar-refractivity contribution in [3.05, 3.63) is 66.1 Å². The molecule has 0 fully saturated rings. The maximum absolute atomic E-state index is 13.6. The van der Waals surface area contributed by atoms with Crippen LogP contribution in [0.5, 0.6) is 5.75 Å². The second kappa shape index (κ2) is 5.51. The summed E-state index contributed by atoms with van der Waals surface area (Å²) in [5.41, 5.74) is 1.63. The number of benzene rings is 2. The van der Waals surface area contributed by atoms with Crippen LogP contribution in [0.4, 0.5) is 4.39 Å². The van der Waals surface area contributed by atoms with Crippen molar-refractivity contribution in [3.63, 3.8) is 0 Å². The summed E-state index contributed by atoms with van der Waals surface area (Å²) >= 11 is 1.47. The molecule has 100 valence electrons. The molecule has 0 aliphatic rings. The van der Waals surface area contributed by atoms with Crippen LogP contribution in [0.3, 0.4) is 0 Å². The lowest BCUT2D eigenvalue weighted by molar-refractivity contribution is 0.462. The van der Waals surface area contributed by atoms with E-state index in [2.05, 4.69) is 4.98 Å². The van der Waals surface area contributed by atoms with Crippen LogP contribution in [0.1, 0.15) is 5.56 Å². The van der Waals surface area contributed by atoms with Crippen molar-refractivity contribution in [2.24, 2.45) is 0 Å². The van der Waals surface area contributed by atoms with Crippen LogP contribution < -0.4 is 0 Å². The van der Waals surface area contributed by atoms with E-state index in [0.717, 1.165) is 21.4 Å². The van der Waals surface area contributed by atoms with Crippen LogP contribution in [0.15, 0.2) is 59.6 Å². The third-order valence-electron chi connectivity index (χ3n) is 3.00. The van der Waals surface area contributed by atoms with E-state index >= 15 is 0 Å². The highest BCUT2D eigenvalue weighted by Crippen LogP contribution is 2.32. The van der Waals surface area contributed by atoms with Crippen LogP contribution >= 0.6 is 11.8 Å². The summed E-state index contributed by atoms with van der Waals surface area (Å²) in [4.78, 5) is 5.09. The number of fused-ring (bicyclic) bond motifs is 1. The van der Waals surface area contributed by atoms with Gasteiger partial charge in [0.05, 0.1) is 5.52 Å². The average molecular weight is 285 g/mol. The molecule has 0 saturated carbocycles. The van der Waals surface area contributed by atoms with Gasteiger partial charge in [-0.05, 0) is 35.9 Å². The highest BCUT2D eigenvalue weighted by atomic mass is 32.2. The van der Waals surface area contributed by atoms with Gasteiger partial charge in [0, 0.05) is 22.2 Å². The Morgan fingerprint density at radius 3 is 2.80 bits per heavy atom. The van der Waals surface area contributed by atoms with Gasteiger partial charge in [0.2, 0.25) is 0 Å². The smallest absolute Gasteiger partial charge is 0.129 e. The molecule has 3 aromatic rings. The van der Waals surface area contributed by atoms with E-state index in [1.54, 1.807) is 24.4 Å². The zero-order chi connectivity index (χ0) is 13.9. The summed E-state index contributed by atoms with van der Waals surface area (Å²) in [5.74, 6) is 0.535. The molecule has 0 aliphatic carbocycles. The maximum atomic E-state index is 13.6. The average Bonchev–Trinajstić information content (AvgIpc) is 2.46. The van der Waals surface area contributed by atoms with Crippen molar-refractivity contribution in [2.45, 2.75) is 10.6 Å². The molecular weight excluding hydrogens is 273 g/mol. The lowest BCUT2D eigenvalue weighted by atomic mass is 10.1. The summed E-state index contributed by atoms with van der Waals surface area (Å²) in [5, 5.41) is 10.5. The molecule has 0 bridgehead atoms. The zero-order valence-electron chi connectivity index (χ0n) is 10.6. The minimum atomic E-state index is -0.265. The highest BCUT2D eigenvalue weighted by molar-refractivity contribution is 7.98. The number of phenolic OH excluding ortho intramolecular Hbond substituents is 1. The van der Waals surface area contributed by atoms with Gasteiger partial charge in [0.1, 0.15) is 11.6 Å². The number of rotatable bonds is 3. The first-order valence-corrected chi connectivity index (χ1v) is 7.16. The van der Waals surface area contributed by atoms with Crippen molar-refractivity contribution in [3.8, 4) is 5.75 Å². The molecule has 0 saturated heterocycles. The van der Waals surface area contributed by atoms with Crippen molar-refractivity contribution in [1.82, 2.24) is 4.98 Å². The fourth-order valence-corrected chi connectivity index (χ4v) is 2.99. The Morgan fingerprint density at radius 2 is 1.95 bits per heavy atom. The first-order chi connectivity index (χ1) is 9.74. The minimum Gasteiger partial charge on any atom is -0.507 e. The van der Waals surface area contributed by atoms with Crippen molar-refractivity contribution in [2.75, 3.05) is 0 Å². The number of halogens is 1. The monoisotopic (exact) mass is 285 g/mol. The predicted molar refractivity (Wildman–Crippen MR) is 79.4 cm³/mol. The normalized spacial score (nSPS) is 10.8. The Morgan fingerprint density at radius 1 is 1.10 bits per heavy atom. The largest absolute Gasteiger partial charge is 0.507 e. The number of aromatic hydroxyl groups is 1. The first-order valence-electron chi connectivity index (χ1n) is 6.18. The Kier molecular flexibility index (Phi) is 3.56. The Labute approximate surface area is 120 Å². The summed E-state index contributed by atoms with van der Waals surface area (Å²) in [6, 6.07) is 13.8. The van der Waals surface area contributed by atoms with Crippen molar-refractivity contribution < 1.29 is 9.50 Å². The number of aromatic nitrogens is 1. The maximum Gasteiger partial charge on any atom is 0.129 e. The standard InChI is InChI=1S/C16H12FNOS/c17-13-8-11-4-3-7-18-16(11)12(9-13)10-20-15-6-2-1-5-14(15)19/h1-9,19H,10H2. The second-order valence-electron chi connectivity index (χ2n) is 4.40. The molecular formula is C16H12FNOS. The lowest BCUT2D eigenvalue weighted by Gasteiger charge is -2.07. The zero-order valence-corrected chi connectivity index (χ0v) is 11.4. The minimum absolute atomic E-state index is 0.242. The molecule has 0 amide bonds. The lowest BCUT2D eigenvalue weighted by Crippen LogP contribution is -1.89. The molecule has 1 heterocycles. The molecule has 1 aromatic heterocycles. The van der Waals surface area contributed by atoms with E-state index in [4.69, 9.17) is 0 Å². The Balaban J connectivity index is 1.93. The number of hydrogen-bond donors (Lipinski definition) is 1. The van der Waals surface area contributed by atoms with E-state index < -0.39 is 0 Å². The van der Waals surface area contributed by atoms with E-state index in [0.29, 0.717) is 5.75 Å². The van der Waals surface area contributed by atoms with Crippen LogP contribution in [0, 0.1) is 5.82 Å². The molecule has 0 aliphatic heterocycles. The summed E-state index contributed by atoms with van der Waals surface area (Å²) < 4.78 is 13.6. The van der Waals surface area contributed by atoms with E-state index in [9.17, 15) is 9.50 Å². The predicted octanol–water partition coefficient (Wildman–Crippen LogP) is 4.37. The van der Waals surface area contributed by atoms with Gasteiger partial charge in [0.15, 0.2) is 0 Å². The van der Waals surface area contributed by atoms with Crippen LogP contribution in [0.25, 0.3) is 10.9 Å². The second-order valence-corrected chi connectivity index (χ2v) is 5.41. The quantitative estimate of drug-likeness (QED) is 0.725. The Bertz CT molecular complexity index is 760. The third-order valence-corrected chi connectivity index (χ3v) is 4.11. The number of para-hydroxylation sites is 1. The number of pyridine rings is 1. The summed E-state index contributed by atoms with van der Waals surface area (Å²) in [6.07, 6.45) is 1.70. The Hall–Kier alpha value is -2.07. The van der Waals surface area contributed by atoms with Crippen LogP contribution in [0.2, 0.25) is 0 Å². The SMILES string of the molecule is Oc1ccccc1SCc1cc(F)cc2cccnc12. The molecule has 0 radical (unpaired) electrons. The third kappa shape index (κ3) is 2.60. The number of hydrogen-bond acceptors (Lipinski definition) is 3. The fraction of sp³-hybridized carbons (Fsp3) is 0.0625. The first kappa shape index (κ1) is 12.9. The molecule has 0 spiro atoms. The highest BCUT2D eigenvalue weighted by Gasteiger charge is 2.07. The number of thioether (sulfide) groups is 1. The summed E-state index contributed by atoms with van der Waals surface area (Å²) in [7, 11) is 0. The topological polar surface area (TPSA) is 33.1 Å². The molecule has 3 rings (SSSR count). The van der Waals surface area contributed by atoms with Gasteiger partial charge < -0.3 is 5.11 Å². The van der Waals surface area contributed by atoms with Gasteiger partial charge in [-0.25, -0.2) is 4.39 Å². The van der Waals surface area contributed by atoms with E-state index in [-0.39, 0.29) is 11.6 Å². The van der Waals surface area contributed by atoms with Crippen LogP contribution in [-0.4, -0.2) is 10.1 Å². The molecule has 0 unspecified atom stereocenters. The molecule has 4 heteroatoms.